The maximum absolute atomic E-state index is 12.2. The summed E-state index contributed by atoms with van der Waals surface area (Å²) < 4.78 is 6.45. The standard InChI is InChI=1S/C18H27BrN2O3/c1-17(2,3)24-16(23)20-9-11-21(12-10-20)18(4,13-22)14-5-7-15(19)8-6-14/h5-8,22H,9-13H2,1-4H3. The van der Waals surface area contributed by atoms with Gasteiger partial charge >= 0.3 is 6.09 Å². The summed E-state index contributed by atoms with van der Waals surface area (Å²) in [5.41, 5.74) is 0.130. The van der Waals surface area contributed by atoms with Gasteiger partial charge < -0.3 is 14.7 Å². The number of hydrogen-bond donors (Lipinski definition) is 1. The molecule has 0 spiro atoms. The summed E-state index contributed by atoms with van der Waals surface area (Å²) in [6.45, 7) is 10.3. The molecule has 0 aliphatic carbocycles. The first-order valence-corrected chi connectivity index (χ1v) is 9.05. The second-order valence-electron chi connectivity index (χ2n) is 7.39. The number of aliphatic hydroxyl groups excluding tert-OH is 1. The van der Waals surface area contributed by atoms with Gasteiger partial charge in [-0.15, -0.1) is 0 Å². The third kappa shape index (κ3) is 4.49. The van der Waals surface area contributed by atoms with E-state index in [1.165, 1.54) is 0 Å². The number of amides is 1. The van der Waals surface area contributed by atoms with Crippen LogP contribution in [0.25, 0.3) is 0 Å². The van der Waals surface area contributed by atoms with E-state index in [9.17, 15) is 9.90 Å². The molecule has 1 heterocycles. The van der Waals surface area contributed by atoms with Gasteiger partial charge in [0, 0.05) is 30.7 Å². The Labute approximate surface area is 152 Å². The predicted molar refractivity (Wildman–Crippen MR) is 98.0 cm³/mol. The first kappa shape index (κ1) is 19.2. The van der Waals surface area contributed by atoms with Gasteiger partial charge in [0.2, 0.25) is 0 Å². The molecule has 0 aromatic heterocycles. The van der Waals surface area contributed by atoms with E-state index in [4.69, 9.17) is 4.74 Å². The number of carbonyl (C=O) groups is 1. The Balaban J connectivity index is 2.04. The largest absolute Gasteiger partial charge is 0.444 e. The van der Waals surface area contributed by atoms with Crippen LogP contribution in [0.1, 0.15) is 33.3 Å². The SMILES string of the molecule is CC(C)(C)OC(=O)N1CCN(C(C)(CO)c2ccc(Br)cc2)CC1. The van der Waals surface area contributed by atoms with Crippen LogP contribution in [0, 0.1) is 0 Å². The summed E-state index contributed by atoms with van der Waals surface area (Å²) in [6, 6.07) is 8.03. The minimum absolute atomic E-state index is 0.0288. The van der Waals surface area contributed by atoms with Crippen LogP contribution >= 0.6 is 15.9 Å². The summed E-state index contributed by atoms with van der Waals surface area (Å²) in [4.78, 5) is 16.1. The van der Waals surface area contributed by atoms with Crippen molar-refractivity contribution in [2.45, 2.75) is 38.8 Å². The number of halogens is 1. The van der Waals surface area contributed by atoms with Crippen LogP contribution in [0.4, 0.5) is 4.79 Å². The van der Waals surface area contributed by atoms with Gasteiger partial charge in [0.05, 0.1) is 12.1 Å². The van der Waals surface area contributed by atoms with Crippen molar-refractivity contribution in [1.29, 1.82) is 0 Å². The number of aliphatic hydroxyl groups is 1. The van der Waals surface area contributed by atoms with Gasteiger partial charge in [0.1, 0.15) is 5.60 Å². The lowest BCUT2D eigenvalue weighted by molar-refractivity contribution is -0.0155. The maximum Gasteiger partial charge on any atom is 0.410 e. The summed E-state index contributed by atoms with van der Waals surface area (Å²) in [7, 11) is 0. The zero-order chi connectivity index (χ0) is 18.0. The molecule has 1 amide bonds. The first-order chi connectivity index (χ1) is 11.2. The van der Waals surface area contributed by atoms with Gasteiger partial charge in [-0.25, -0.2) is 4.79 Å². The smallest absolute Gasteiger partial charge is 0.410 e. The Morgan fingerprint density at radius 1 is 1.12 bits per heavy atom. The Morgan fingerprint density at radius 2 is 1.67 bits per heavy atom. The number of rotatable bonds is 3. The molecular weight excluding hydrogens is 372 g/mol. The number of carbonyl (C=O) groups excluding carboxylic acids is 1. The average Bonchev–Trinajstić information content (AvgIpc) is 2.53. The number of piperazine rings is 1. The highest BCUT2D eigenvalue weighted by atomic mass is 79.9. The number of nitrogens with zero attached hydrogens (tertiary/aromatic N) is 2. The van der Waals surface area contributed by atoms with Crippen molar-refractivity contribution in [3.05, 3.63) is 34.3 Å². The van der Waals surface area contributed by atoms with E-state index in [-0.39, 0.29) is 12.7 Å². The Bertz CT molecular complexity index is 563. The summed E-state index contributed by atoms with van der Waals surface area (Å²) >= 11 is 3.44. The maximum atomic E-state index is 12.2. The Kier molecular flexibility index (Phi) is 5.94. The topological polar surface area (TPSA) is 53.0 Å². The molecule has 0 radical (unpaired) electrons. The lowest BCUT2D eigenvalue weighted by Gasteiger charge is -2.45. The van der Waals surface area contributed by atoms with Crippen LogP contribution in [0.3, 0.4) is 0 Å². The molecule has 6 heteroatoms. The molecular formula is C18H27BrN2O3. The molecule has 1 unspecified atom stereocenters. The van der Waals surface area contributed by atoms with Gasteiger partial charge in [0.25, 0.3) is 0 Å². The Hall–Kier alpha value is -1.11. The van der Waals surface area contributed by atoms with Crippen LogP contribution in [0.5, 0.6) is 0 Å². The zero-order valence-corrected chi connectivity index (χ0v) is 16.5. The fourth-order valence-corrected chi connectivity index (χ4v) is 3.16. The van der Waals surface area contributed by atoms with Gasteiger partial charge in [-0.1, -0.05) is 28.1 Å². The molecule has 1 atom stereocenters. The molecule has 1 aliphatic heterocycles. The predicted octanol–water partition coefficient (Wildman–Crippen LogP) is 3.21. The van der Waals surface area contributed by atoms with Crippen LogP contribution in [0.15, 0.2) is 28.7 Å². The summed E-state index contributed by atoms with van der Waals surface area (Å²) in [5, 5.41) is 10.0. The lowest BCUT2D eigenvalue weighted by Crippen LogP contribution is -2.57. The van der Waals surface area contributed by atoms with Crippen molar-refractivity contribution in [3.8, 4) is 0 Å². The minimum Gasteiger partial charge on any atom is -0.444 e. The highest BCUT2D eigenvalue weighted by Crippen LogP contribution is 2.30. The van der Waals surface area contributed by atoms with Crippen molar-refractivity contribution in [2.75, 3.05) is 32.8 Å². The second kappa shape index (κ2) is 7.42. The van der Waals surface area contributed by atoms with E-state index in [0.29, 0.717) is 26.2 Å². The van der Waals surface area contributed by atoms with Crippen molar-refractivity contribution in [3.63, 3.8) is 0 Å². The van der Waals surface area contributed by atoms with Crippen molar-refractivity contribution >= 4 is 22.0 Å². The van der Waals surface area contributed by atoms with E-state index in [2.05, 4.69) is 20.8 Å². The second-order valence-corrected chi connectivity index (χ2v) is 8.31. The third-order valence-corrected chi connectivity index (χ3v) is 4.93. The minimum atomic E-state index is -0.481. The van der Waals surface area contributed by atoms with Crippen LogP contribution in [-0.4, -0.2) is 59.4 Å². The van der Waals surface area contributed by atoms with E-state index >= 15 is 0 Å². The fraction of sp³-hybridized carbons (Fsp3) is 0.611. The van der Waals surface area contributed by atoms with Gasteiger partial charge in [0.15, 0.2) is 0 Å². The number of ether oxygens (including phenoxy) is 1. The quantitative estimate of drug-likeness (QED) is 0.848. The molecule has 1 aromatic rings. The molecule has 24 heavy (non-hydrogen) atoms. The zero-order valence-electron chi connectivity index (χ0n) is 14.9. The van der Waals surface area contributed by atoms with Gasteiger partial charge in [-0.2, -0.15) is 0 Å². The lowest BCUT2D eigenvalue weighted by atomic mass is 9.90. The molecule has 1 aromatic carbocycles. The van der Waals surface area contributed by atoms with E-state index in [1.54, 1.807) is 4.90 Å². The van der Waals surface area contributed by atoms with Gasteiger partial charge in [-0.05, 0) is 45.4 Å². The van der Waals surface area contributed by atoms with Crippen LogP contribution in [-0.2, 0) is 10.3 Å². The molecule has 5 nitrogen and oxygen atoms in total. The van der Waals surface area contributed by atoms with Crippen molar-refractivity contribution in [2.24, 2.45) is 0 Å². The number of hydrogen-bond acceptors (Lipinski definition) is 4. The number of benzene rings is 1. The van der Waals surface area contributed by atoms with Crippen molar-refractivity contribution in [1.82, 2.24) is 9.80 Å². The molecule has 0 bridgehead atoms. The van der Waals surface area contributed by atoms with Crippen LogP contribution in [0.2, 0.25) is 0 Å². The average molecular weight is 399 g/mol. The van der Waals surface area contributed by atoms with Crippen LogP contribution < -0.4 is 0 Å². The molecule has 1 N–H and O–H groups in total. The normalized spacial score (nSPS) is 19.0. The van der Waals surface area contributed by atoms with E-state index in [1.807, 2.05) is 52.0 Å². The highest BCUT2D eigenvalue weighted by Gasteiger charge is 2.36. The van der Waals surface area contributed by atoms with Gasteiger partial charge in [-0.3, -0.25) is 4.90 Å². The highest BCUT2D eigenvalue weighted by molar-refractivity contribution is 9.10. The van der Waals surface area contributed by atoms with E-state index in [0.717, 1.165) is 10.0 Å². The van der Waals surface area contributed by atoms with E-state index < -0.39 is 11.1 Å². The Morgan fingerprint density at radius 3 is 2.12 bits per heavy atom. The molecule has 0 saturated carbocycles. The summed E-state index contributed by atoms with van der Waals surface area (Å²) in [5.74, 6) is 0. The fourth-order valence-electron chi connectivity index (χ4n) is 2.89. The molecule has 2 rings (SSSR count). The first-order valence-electron chi connectivity index (χ1n) is 8.25. The molecule has 134 valence electrons. The molecule has 1 saturated heterocycles. The monoisotopic (exact) mass is 398 g/mol. The van der Waals surface area contributed by atoms with Crippen molar-refractivity contribution < 1.29 is 14.6 Å². The third-order valence-electron chi connectivity index (χ3n) is 4.40. The molecule has 1 aliphatic rings. The molecule has 1 fully saturated rings. The summed E-state index contributed by atoms with van der Waals surface area (Å²) in [6.07, 6.45) is -0.267.